The summed E-state index contributed by atoms with van der Waals surface area (Å²) in [6.07, 6.45) is 0. The Bertz CT molecular complexity index is 402. The number of H-pyrrole nitrogens is 1. The Labute approximate surface area is 77.5 Å². The van der Waals surface area contributed by atoms with E-state index < -0.39 is 21.7 Å². The molecule has 7 nitrogen and oxygen atoms in total. The van der Waals surface area contributed by atoms with Gasteiger partial charge in [0.1, 0.15) is 0 Å². The molecule has 0 atom stereocenters. The number of rotatable bonds is 4. The van der Waals surface area contributed by atoms with E-state index in [0.29, 0.717) is 0 Å². The number of anilines is 1. The van der Waals surface area contributed by atoms with E-state index in [0.717, 1.165) is 0 Å². The van der Waals surface area contributed by atoms with Gasteiger partial charge in [0, 0.05) is 0 Å². The first-order chi connectivity index (χ1) is 6.45. The maximum absolute atomic E-state index is 11.8. The summed E-state index contributed by atoms with van der Waals surface area (Å²) in [5.74, 6) is -3.96. The van der Waals surface area contributed by atoms with Crippen molar-refractivity contribution in [2.45, 2.75) is 5.76 Å². The van der Waals surface area contributed by atoms with E-state index in [2.05, 4.69) is 19.9 Å². The highest BCUT2D eigenvalue weighted by Crippen LogP contribution is 2.10. The first-order valence-corrected chi connectivity index (χ1v) is 4.76. The van der Waals surface area contributed by atoms with Crippen molar-refractivity contribution in [3.63, 3.8) is 0 Å². The van der Waals surface area contributed by atoms with Crippen molar-refractivity contribution in [3.05, 3.63) is 0 Å². The number of hydrogen-bond donors (Lipinski definition) is 2. The molecule has 0 amide bonds. The van der Waals surface area contributed by atoms with Gasteiger partial charge in [-0.15, -0.1) is 5.10 Å². The first kappa shape index (κ1) is 10.6. The maximum Gasteiger partial charge on any atom is 0.355 e. The number of halogens is 2. The molecule has 0 unspecified atom stereocenters. The second-order valence-corrected chi connectivity index (χ2v) is 3.73. The number of methoxy groups -OCH3 is 1. The minimum Gasteiger partial charge on any atom is -0.466 e. The van der Waals surface area contributed by atoms with Crippen LogP contribution in [0.1, 0.15) is 0 Å². The van der Waals surface area contributed by atoms with Crippen LogP contribution in [0.25, 0.3) is 0 Å². The van der Waals surface area contributed by atoms with Gasteiger partial charge >= 0.3 is 11.8 Å². The van der Waals surface area contributed by atoms with Crippen molar-refractivity contribution in [2.75, 3.05) is 11.8 Å². The highest BCUT2D eigenvalue weighted by molar-refractivity contribution is 7.92. The molecule has 1 aromatic rings. The van der Waals surface area contributed by atoms with E-state index in [9.17, 15) is 17.2 Å². The molecule has 1 heterocycles. The van der Waals surface area contributed by atoms with Crippen molar-refractivity contribution in [2.24, 2.45) is 0 Å². The highest BCUT2D eigenvalue weighted by atomic mass is 32.2. The SMILES string of the molecule is COc1n[nH]c(NS(=O)(=O)C(F)F)n1. The molecule has 0 radical (unpaired) electrons. The molecule has 0 aliphatic carbocycles. The highest BCUT2D eigenvalue weighted by Gasteiger charge is 2.25. The molecule has 0 aliphatic rings. The van der Waals surface area contributed by atoms with Gasteiger partial charge in [-0.2, -0.15) is 13.8 Å². The van der Waals surface area contributed by atoms with Gasteiger partial charge in [0.2, 0.25) is 5.95 Å². The lowest BCUT2D eigenvalue weighted by Gasteiger charge is -2.01. The molecular formula is C4H6F2N4O3S. The lowest BCUT2D eigenvalue weighted by molar-refractivity contribution is 0.236. The summed E-state index contributed by atoms with van der Waals surface area (Å²) >= 11 is 0. The van der Waals surface area contributed by atoms with Crippen LogP contribution in [0.4, 0.5) is 14.7 Å². The van der Waals surface area contributed by atoms with Crippen molar-refractivity contribution in [1.29, 1.82) is 0 Å². The fraction of sp³-hybridized carbons (Fsp3) is 0.500. The Morgan fingerprint density at radius 2 is 2.21 bits per heavy atom. The lowest BCUT2D eigenvalue weighted by atomic mass is 11.1. The van der Waals surface area contributed by atoms with Crippen LogP contribution in [0, 0.1) is 0 Å². The summed E-state index contributed by atoms with van der Waals surface area (Å²) in [6, 6.07) is -0.156. The number of ether oxygens (including phenoxy) is 1. The van der Waals surface area contributed by atoms with Gasteiger partial charge < -0.3 is 4.74 Å². The topological polar surface area (TPSA) is 97.0 Å². The second-order valence-electron chi connectivity index (χ2n) is 2.08. The fourth-order valence-corrected chi connectivity index (χ4v) is 1.01. The van der Waals surface area contributed by atoms with Gasteiger partial charge in [-0.05, 0) is 0 Å². The zero-order valence-corrected chi connectivity index (χ0v) is 7.68. The first-order valence-electron chi connectivity index (χ1n) is 3.22. The molecule has 0 spiro atoms. The predicted octanol–water partition coefficient (Wildman–Crippen LogP) is -0.222. The molecule has 0 saturated heterocycles. The standard InChI is InChI=1S/C4H6F2N4O3S/c1-13-4-7-3(8-9-4)10-14(11,12)2(5)6/h2H,1H3,(H2,7,8,9,10). The summed E-state index contributed by atoms with van der Waals surface area (Å²) < 4.78 is 50.9. The van der Waals surface area contributed by atoms with Crippen LogP contribution in [0.3, 0.4) is 0 Å². The van der Waals surface area contributed by atoms with E-state index in [1.807, 2.05) is 0 Å². The minimum atomic E-state index is -4.72. The Morgan fingerprint density at radius 1 is 1.57 bits per heavy atom. The van der Waals surface area contributed by atoms with Gasteiger partial charge in [0.05, 0.1) is 7.11 Å². The van der Waals surface area contributed by atoms with Crippen molar-refractivity contribution >= 4 is 16.0 Å². The summed E-state index contributed by atoms with van der Waals surface area (Å²) in [5.41, 5.74) is 0. The fourth-order valence-electron chi connectivity index (χ4n) is 0.563. The summed E-state index contributed by atoms with van der Waals surface area (Å²) in [7, 11) is -3.47. The van der Waals surface area contributed by atoms with E-state index in [1.54, 1.807) is 0 Å². The monoisotopic (exact) mass is 228 g/mol. The maximum atomic E-state index is 11.8. The smallest absolute Gasteiger partial charge is 0.355 e. The molecule has 1 rings (SSSR count). The normalized spacial score (nSPS) is 11.7. The molecule has 0 saturated carbocycles. The number of sulfonamides is 1. The number of nitrogens with one attached hydrogen (secondary N) is 2. The van der Waals surface area contributed by atoms with Crippen LogP contribution in [0.2, 0.25) is 0 Å². The van der Waals surface area contributed by atoms with Gasteiger partial charge in [-0.3, -0.25) is 0 Å². The van der Waals surface area contributed by atoms with E-state index in [1.165, 1.54) is 11.8 Å². The van der Waals surface area contributed by atoms with Gasteiger partial charge in [0.15, 0.2) is 0 Å². The third-order valence-electron chi connectivity index (χ3n) is 1.12. The van der Waals surface area contributed by atoms with Gasteiger partial charge in [0.25, 0.3) is 10.0 Å². The molecule has 2 N–H and O–H groups in total. The Hall–Kier alpha value is -1.45. The van der Waals surface area contributed by atoms with Gasteiger partial charge in [-0.1, -0.05) is 0 Å². The molecule has 0 aliphatic heterocycles. The van der Waals surface area contributed by atoms with E-state index >= 15 is 0 Å². The number of aromatic amines is 1. The number of nitrogens with zero attached hydrogens (tertiary/aromatic N) is 2. The van der Waals surface area contributed by atoms with Crippen LogP contribution in [0.15, 0.2) is 0 Å². The second kappa shape index (κ2) is 3.74. The largest absolute Gasteiger partial charge is 0.466 e. The quantitative estimate of drug-likeness (QED) is 0.742. The van der Waals surface area contributed by atoms with Gasteiger partial charge in [-0.25, -0.2) is 18.2 Å². The zero-order chi connectivity index (χ0) is 10.8. The Kier molecular flexibility index (Phi) is 2.84. The average molecular weight is 228 g/mol. The van der Waals surface area contributed by atoms with Crippen LogP contribution < -0.4 is 9.46 Å². The number of alkyl halides is 2. The Morgan fingerprint density at radius 3 is 2.64 bits per heavy atom. The van der Waals surface area contributed by atoms with E-state index in [4.69, 9.17) is 0 Å². The molecule has 80 valence electrons. The molecule has 0 fully saturated rings. The van der Waals surface area contributed by atoms with Crippen molar-refractivity contribution in [1.82, 2.24) is 15.2 Å². The van der Waals surface area contributed by atoms with E-state index in [-0.39, 0.29) is 6.01 Å². The van der Waals surface area contributed by atoms with Crippen molar-refractivity contribution < 1.29 is 21.9 Å². The molecule has 10 heteroatoms. The third-order valence-corrected chi connectivity index (χ3v) is 2.07. The van der Waals surface area contributed by atoms with Crippen LogP contribution >= 0.6 is 0 Å². The summed E-state index contributed by atoms with van der Waals surface area (Å²) in [4.78, 5) is 3.38. The average Bonchev–Trinajstić information content (AvgIpc) is 2.51. The summed E-state index contributed by atoms with van der Waals surface area (Å²) in [6.45, 7) is 0. The third kappa shape index (κ3) is 2.28. The number of hydrogen-bond acceptors (Lipinski definition) is 5. The lowest BCUT2D eigenvalue weighted by Crippen LogP contribution is -2.21. The summed E-state index contributed by atoms with van der Waals surface area (Å²) in [5, 5.41) is 5.41. The van der Waals surface area contributed by atoms with Crippen LogP contribution in [-0.2, 0) is 10.0 Å². The molecule has 0 bridgehead atoms. The zero-order valence-electron chi connectivity index (χ0n) is 6.86. The molecule has 0 aromatic carbocycles. The predicted molar refractivity (Wildman–Crippen MR) is 41.5 cm³/mol. The van der Waals surface area contributed by atoms with Crippen molar-refractivity contribution in [3.8, 4) is 6.01 Å². The Balaban J connectivity index is 2.79. The molecular weight excluding hydrogens is 222 g/mol. The molecule has 14 heavy (non-hydrogen) atoms. The minimum absolute atomic E-state index is 0.156. The van der Waals surface area contributed by atoms with Crippen LogP contribution in [-0.4, -0.2) is 36.5 Å². The van der Waals surface area contributed by atoms with Crippen LogP contribution in [0.5, 0.6) is 6.01 Å². The molecule has 1 aromatic heterocycles. The number of aromatic nitrogens is 3.